The number of esters is 1. The van der Waals surface area contributed by atoms with Gasteiger partial charge >= 0.3 is 11.9 Å². The lowest BCUT2D eigenvalue weighted by Gasteiger charge is -2.26. The number of aliphatic carboxylic acids is 1. The minimum absolute atomic E-state index is 0.315. The molecule has 1 aliphatic carbocycles. The maximum Gasteiger partial charge on any atom is 0.309 e. The third-order valence-electron chi connectivity index (χ3n) is 3.16. The molecule has 0 aliphatic heterocycles. The first-order chi connectivity index (χ1) is 8.16. The van der Waals surface area contributed by atoms with Crippen LogP contribution in [-0.2, 0) is 14.3 Å². The van der Waals surface area contributed by atoms with Crippen LogP contribution < -0.4 is 5.32 Å². The highest BCUT2D eigenvalue weighted by Gasteiger charge is 2.36. The molecule has 1 aliphatic rings. The van der Waals surface area contributed by atoms with Gasteiger partial charge in [0, 0.05) is 6.54 Å². The van der Waals surface area contributed by atoms with E-state index < -0.39 is 17.8 Å². The minimum Gasteiger partial charge on any atom is -0.481 e. The van der Waals surface area contributed by atoms with Gasteiger partial charge in [0.05, 0.1) is 11.8 Å². The fourth-order valence-electron chi connectivity index (χ4n) is 2.22. The van der Waals surface area contributed by atoms with Crippen molar-refractivity contribution in [2.24, 2.45) is 11.8 Å². The Morgan fingerprint density at radius 2 is 1.94 bits per heavy atom. The van der Waals surface area contributed by atoms with Gasteiger partial charge in [0.1, 0.15) is 6.61 Å². The van der Waals surface area contributed by atoms with Crippen molar-refractivity contribution < 1.29 is 19.4 Å². The lowest BCUT2D eigenvalue weighted by Crippen LogP contribution is -2.34. The molecular formula is C12H21NO4. The van der Waals surface area contributed by atoms with E-state index in [-0.39, 0.29) is 5.97 Å². The summed E-state index contributed by atoms with van der Waals surface area (Å²) in [5.74, 6) is -2.24. The predicted molar refractivity (Wildman–Crippen MR) is 62.6 cm³/mol. The summed E-state index contributed by atoms with van der Waals surface area (Å²) in [5.41, 5.74) is 0. The smallest absolute Gasteiger partial charge is 0.309 e. The Labute approximate surface area is 102 Å². The molecule has 1 saturated carbocycles. The zero-order chi connectivity index (χ0) is 12.7. The van der Waals surface area contributed by atoms with E-state index in [9.17, 15) is 9.59 Å². The summed E-state index contributed by atoms with van der Waals surface area (Å²) >= 11 is 0. The SMILES string of the molecule is CCNCCOC(=O)C1CCCCC1C(=O)O. The van der Waals surface area contributed by atoms with Crippen molar-refractivity contribution in [1.29, 1.82) is 0 Å². The molecule has 0 spiro atoms. The molecule has 0 aromatic heterocycles. The Morgan fingerprint density at radius 3 is 2.53 bits per heavy atom. The maximum absolute atomic E-state index is 11.8. The van der Waals surface area contributed by atoms with Crippen LogP contribution in [0.25, 0.3) is 0 Å². The zero-order valence-electron chi connectivity index (χ0n) is 10.3. The second-order valence-electron chi connectivity index (χ2n) is 4.36. The largest absolute Gasteiger partial charge is 0.481 e. The topological polar surface area (TPSA) is 75.6 Å². The lowest BCUT2D eigenvalue weighted by atomic mass is 9.79. The number of hydrogen-bond donors (Lipinski definition) is 2. The van der Waals surface area contributed by atoms with Gasteiger partial charge in [-0.15, -0.1) is 0 Å². The van der Waals surface area contributed by atoms with E-state index in [1.807, 2.05) is 6.92 Å². The standard InChI is InChI=1S/C12H21NO4/c1-2-13-7-8-17-12(16)10-6-4-3-5-9(10)11(14)15/h9-10,13H,2-8H2,1H3,(H,14,15). The number of likely N-dealkylation sites (N-methyl/N-ethyl adjacent to an activating group) is 1. The highest BCUT2D eigenvalue weighted by molar-refractivity contribution is 5.81. The molecule has 0 bridgehead atoms. The molecule has 5 heteroatoms. The van der Waals surface area contributed by atoms with E-state index in [2.05, 4.69) is 5.32 Å². The second-order valence-corrected chi connectivity index (χ2v) is 4.36. The van der Waals surface area contributed by atoms with Gasteiger partial charge in [-0.2, -0.15) is 0 Å². The van der Waals surface area contributed by atoms with E-state index in [1.54, 1.807) is 0 Å². The number of ether oxygens (including phenoxy) is 1. The lowest BCUT2D eigenvalue weighted by molar-refractivity contribution is -0.159. The summed E-state index contributed by atoms with van der Waals surface area (Å²) in [6.45, 7) is 3.74. The fraction of sp³-hybridized carbons (Fsp3) is 0.833. The monoisotopic (exact) mass is 243 g/mol. The molecule has 2 unspecified atom stereocenters. The number of nitrogens with one attached hydrogen (secondary N) is 1. The predicted octanol–water partition coefficient (Wildman–Crippen LogP) is 1.03. The van der Waals surface area contributed by atoms with Crippen LogP contribution in [0, 0.1) is 11.8 Å². The van der Waals surface area contributed by atoms with Crippen molar-refractivity contribution in [3.05, 3.63) is 0 Å². The summed E-state index contributed by atoms with van der Waals surface area (Å²) in [4.78, 5) is 22.8. The van der Waals surface area contributed by atoms with Crippen LogP contribution in [0.3, 0.4) is 0 Å². The van der Waals surface area contributed by atoms with Crippen LogP contribution in [0.5, 0.6) is 0 Å². The second kappa shape index (κ2) is 7.27. The maximum atomic E-state index is 11.8. The first-order valence-corrected chi connectivity index (χ1v) is 6.27. The number of rotatable bonds is 6. The molecule has 17 heavy (non-hydrogen) atoms. The molecule has 0 amide bonds. The Morgan fingerprint density at radius 1 is 1.29 bits per heavy atom. The Bertz CT molecular complexity index is 267. The minimum atomic E-state index is -0.877. The highest BCUT2D eigenvalue weighted by atomic mass is 16.5. The third kappa shape index (κ3) is 4.34. The molecule has 1 fully saturated rings. The normalized spacial score (nSPS) is 24.3. The molecular weight excluding hydrogens is 222 g/mol. The van der Waals surface area contributed by atoms with E-state index in [1.165, 1.54) is 0 Å². The van der Waals surface area contributed by atoms with Crippen LogP contribution in [-0.4, -0.2) is 36.7 Å². The van der Waals surface area contributed by atoms with Crippen molar-refractivity contribution in [2.45, 2.75) is 32.6 Å². The van der Waals surface area contributed by atoms with Crippen LogP contribution in [0.15, 0.2) is 0 Å². The van der Waals surface area contributed by atoms with E-state index in [0.717, 1.165) is 19.4 Å². The first-order valence-electron chi connectivity index (χ1n) is 6.27. The highest BCUT2D eigenvalue weighted by Crippen LogP contribution is 2.31. The number of carbonyl (C=O) groups is 2. The van der Waals surface area contributed by atoms with Crippen molar-refractivity contribution in [2.75, 3.05) is 19.7 Å². The molecule has 0 saturated heterocycles. The molecule has 0 heterocycles. The zero-order valence-corrected chi connectivity index (χ0v) is 10.3. The summed E-state index contributed by atoms with van der Waals surface area (Å²) in [6.07, 6.45) is 3.02. The number of carboxylic acid groups (broad SMARTS) is 1. The van der Waals surface area contributed by atoms with Gasteiger partial charge in [-0.1, -0.05) is 19.8 Å². The van der Waals surface area contributed by atoms with Crippen LogP contribution in [0.2, 0.25) is 0 Å². The van der Waals surface area contributed by atoms with Crippen LogP contribution >= 0.6 is 0 Å². The number of carbonyl (C=O) groups excluding carboxylic acids is 1. The van der Waals surface area contributed by atoms with Gasteiger partial charge in [-0.3, -0.25) is 9.59 Å². The van der Waals surface area contributed by atoms with Crippen molar-refractivity contribution in [1.82, 2.24) is 5.32 Å². The Balaban J connectivity index is 2.39. The fourth-order valence-corrected chi connectivity index (χ4v) is 2.22. The average molecular weight is 243 g/mol. The summed E-state index contributed by atoms with van der Waals surface area (Å²) in [7, 11) is 0. The quantitative estimate of drug-likeness (QED) is 0.538. The van der Waals surface area contributed by atoms with Gasteiger partial charge in [-0.05, 0) is 19.4 Å². The molecule has 0 aromatic rings. The Hall–Kier alpha value is -1.10. The molecule has 0 aromatic carbocycles. The van der Waals surface area contributed by atoms with Crippen molar-refractivity contribution in [3.63, 3.8) is 0 Å². The van der Waals surface area contributed by atoms with Crippen LogP contribution in [0.4, 0.5) is 0 Å². The van der Waals surface area contributed by atoms with Gasteiger partial charge in [-0.25, -0.2) is 0 Å². The van der Waals surface area contributed by atoms with Gasteiger partial charge < -0.3 is 15.2 Å². The molecule has 2 N–H and O–H groups in total. The number of hydrogen-bond acceptors (Lipinski definition) is 4. The van der Waals surface area contributed by atoms with E-state index in [4.69, 9.17) is 9.84 Å². The number of carboxylic acids is 1. The molecule has 2 atom stereocenters. The van der Waals surface area contributed by atoms with Crippen molar-refractivity contribution >= 4 is 11.9 Å². The molecule has 0 radical (unpaired) electrons. The van der Waals surface area contributed by atoms with Gasteiger partial charge in [0.15, 0.2) is 0 Å². The summed E-state index contributed by atoms with van der Waals surface area (Å²) in [5, 5.41) is 12.1. The molecule has 5 nitrogen and oxygen atoms in total. The first kappa shape index (κ1) is 14.0. The summed E-state index contributed by atoms with van der Waals surface area (Å²) < 4.78 is 5.10. The Kier molecular flexibility index (Phi) is 5.97. The summed E-state index contributed by atoms with van der Waals surface area (Å²) in [6, 6.07) is 0. The van der Waals surface area contributed by atoms with Crippen molar-refractivity contribution in [3.8, 4) is 0 Å². The molecule has 1 rings (SSSR count). The van der Waals surface area contributed by atoms with Gasteiger partial charge in [0.25, 0.3) is 0 Å². The van der Waals surface area contributed by atoms with E-state index >= 15 is 0 Å². The third-order valence-corrected chi connectivity index (χ3v) is 3.16. The van der Waals surface area contributed by atoms with Gasteiger partial charge in [0.2, 0.25) is 0 Å². The van der Waals surface area contributed by atoms with E-state index in [0.29, 0.717) is 26.0 Å². The average Bonchev–Trinajstić information content (AvgIpc) is 2.34. The molecule has 98 valence electrons. The van der Waals surface area contributed by atoms with Crippen LogP contribution in [0.1, 0.15) is 32.6 Å².